The second-order valence-electron chi connectivity index (χ2n) is 4.91. The first-order valence-electron chi connectivity index (χ1n) is 6.31. The molecule has 0 saturated heterocycles. The van der Waals surface area contributed by atoms with Crippen LogP contribution in [0.5, 0.6) is 0 Å². The van der Waals surface area contributed by atoms with E-state index in [1.54, 1.807) is 7.11 Å². The molecular formula is C13H24O3. The van der Waals surface area contributed by atoms with Gasteiger partial charge in [-0.2, -0.15) is 0 Å². The molecule has 0 aromatic carbocycles. The Labute approximate surface area is 98.5 Å². The van der Waals surface area contributed by atoms with Crippen molar-refractivity contribution in [1.82, 2.24) is 0 Å². The Bertz CT molecular complexity index is 227. The number of carbonyl (C=O) groups is 1. The van der Waals surface area contributed by atoms with Crippen LogP contribution in [-0.2, 0) is 14.3 Å². The molecule has 0 aromatic rings. The highest BCUT2D eigenvalue weighted by Crippen LogP contribution is 2.32. The summed E-state index contributed by atoms with van der Waals surface area (Å²) in [7, 11) is 1.72. The zero-order valence-electron chi connectivity index (χ0n) is 10.9. The number of methoxy groups -OCH3 is 1. The summed E-state index contributed by atoms with van der Waals surface area (Å²) < 4.78 is 10.8. The topological polar surface area (TPSA) is 35.5 Å². The zero-order valence-corrected chi connectivity index (χ0v) is 10.9. The molecule has 0 amide bonds. The number of carbonyl (C=O) groups excluding carboxylic acids is 1. The Kier molecular flexibility index (Phi) is 5.26. The molecule has 1 aliphatic rings. The second kappa shape index (κ2) is 6.24. The van der Waals surface area contributed by atoms with E-state index in [9.17, 15) is 4.79 Å². The fraction of sp³-hybridized carbons (Fsp3) is 0.923. The zero-order chi connectivity index (χ0) is 12.1. The highest BCUT2D eigenvalue weighted by molar-refractivity contribution is 5.73. The third-order valence-corrected chi connectivity index (χ3v) is 3.68. The third kappa shape index (κ3) is 3.48. The van der Waals surface area contributed by atoms with Gasteiger partial charge in [0.25, 0.3) is 0 Å². The van der Waals surface area contributed by atoms with Gasteiger partial charge in [-0.25, -0.2) is 0 Å². The van der Waals surface area contributed by atoms with E-state index in [1.807, 2.05) is 13.8 Å². The van der Waals surface area contributed by atoms with E-state index >= 15 is 0 Å². The number of rotatable bonds is 4. The van der Waals surface area contributed by atoms with Gasteiger partial charge in [0.05, 0.1) is 18.1 Å². The first-order valence-corrected chi connectivity index (χ1v) is 6.31. The van der Waals surface area contributed by atoms with Gasteiger partial charge in [-0.3, -0.25) is 4.79 Å². The summed E-state index contributed by atoms with van der Waals surface area (Å²) >= 11 is 0. The molecule has 0 heterocycles. The van der Waals surface area contributed by atoms with Crippen molar-refractivity contribution in [2.45, 2.75) is 58.7 Å². The van der Waals surface area contributed by atoms with Gasteiger partial charge in [-0.05, 0) is 38.5 Å². The summed E-state index contributed by atoms with van der Waals surface area (Å²) in [5, 5.41) is 0. The molecule has 0 spiro atoms. The lowest BCUT2D eigenvalue weighted by Crippen LogP contribution is -2.35. The predicted octanol–water partition coefficient (Wildman–Crippen LogP) is 2.78. The molecule has 0 bridgehead atoms. The van der Waals surface area contributed by atoms with Crippen LogP contribution in [0.25, 0.3) is 0 Å². The maximum absolute atomic E-state index is 12.0. The van der Waals surface area contributed by atoms with Crippen molar-refractivity contribution in [3.05, 3.63) is 0 Å². The Morgan fingerprint density at radius 2 is 2.12 bits per heavy atom. The van der Waals surface area contributed by atoms with Crippen LogP contribution >= 0.6 is 0 Å². The molecule has 0 aliphatic heterocycles. The monoisotopic (exact) mass is 228 g/mol. The van der Waals surface area contributed by atoms with Crippen LogP contribution in [0.4, 0.5) is 0 Å². The van der Waals surface area contributed by atoms with Crippen molar-refractivity contribution in [1.29, 1.82) is 0 Å². The fourth-order valence-electron chi connectivity index (χ4n) is 2.19. The summed E-state index contributed by atoms with van der Waals surface area (Å²) in [5.74, 6) is 0.402. The summed E-state index contributed by atoms with van der Waals surface area (Å²) in [5.41, 5.74) is 0. The molecule has 1 rings (SSSR count). The van der Waals surface area contributed by atoms with Crippen LogP contribution in [0, 0.1) is 11.8 Å². The Hall–Kier alpha value is -0.570. The van der Waals surface area contributed by atoms with Gasteiger partial charge in [0.2, 0.25) is 0 Å². The van der Waals surface area contributed by atoms with Crippen LogP contribution in [0.2, 0.25) is 0 Å². The number of esters is 1. The molecular weight excluding hydrogens is 204 g/mol. The van der Waals surface area contributed by atoms with Crippen LogP contribution in [-0.4, -0.2) is 25.3 Å². The molecule has 4 atom stereocenters. The van der Waals surface area contributed by atoms with Crippen LogP contribution in [0.15, 0.2) is 0 Å². The van der Waals surface area contributed by atoms with E-state index < -0.39 is 0 Å². The average molecular weight is 228 g/mol. The molecule has 0 radical (unpaired) electrons. The quantitative estimate of drug-likeness (QED) is 0.694. The number of hydrogen-bond donors (Lipinski definition) is 0. The van der Waals surface area contributed by atoms with Crippen molar-refractivity contribution in [3.8, 4) is 0 Å². The van der Waals surface area contributed by atoms with E-state index in [-0.39, 0.29) is 24.1 Å². The first kappa shape index (κ1) is 13.5. The normalized spacial score (nSPS) is 32.1. The van der Waals surface area contributed by atoms with E-state index in [4.69, 9.17) is 9.47 Å². The van der Waals surface area contributed by atoms with E-state index in [0.29, 0.717) is 5.92 Å². The van der Waals surface area contributed by atoms with Crippen molar-refractivity contribution in [3.63, 3.8) is 0 Å². The van der Waals surface area contributed by atoms with Gasteiger partial charge in [-0.1, -0.05) is 13.8 Å². The number of hydrogen-bond acceptors (Lipinski definition) is 3. The standard InChI is InChI=1S/C13H24O3/c1-5-10(3)16-13(14)12-8-11(15-4)7-6-9(12)2/h9-12H,5-8H2,1-4H3/t9-,10?,11-,12-/m1/s1. The van der Waals surface area contributed by atoms with Gasteiger partial charge < -0.3 is 9.47 Å². The molecule has 3 nitrogen and oxygen atoms in total. The first-order chi connectivity index (χ1) is 7.58. The van der Waals surface area contributed by atoms with Gasteiger partial charge >= 0.3 is 5.97 Å². The predicted molar refractivity (Wildman–Crippen MR) is 63.1 cm³/mol. The minimum atomic E-state index is -0.0383. The van der Waals surface area contributed by atoms with Crippen molar-refractivity contribution >= 4 is 5.97 Å². The SMILES string of the molecule is CCC(C)OC(=O)[C@@H]1C[C@H](OC)CC[C@H]1C. The maximum atomic E-state index is 12.0. The molecule has 1 unspecified atom stereocenters. The summed E-state index contributed by atoms with van der Waals surface area (Å²) in [4.78, 5) is 12.0. The van der Waals surface area contributed by atoms with Gasteiger partial charge in [0.1, 0.15) is 0 Å². The van der Waals surface area contributed by atoms with Gasteiger partial charge in [-0.15, -0.1) is 0 Å². The van der Waals surface area contributed by atoms with Crippen LogP contribution in [0.1, 0.15) is 46.5 Å². The van der Waals surface area contributed by atoms with E-state index in [1.165, 1.54) is 0 Å². The molecule has 94 valence electrons. The molecule has 3 heteroatoms. The van der Waals surface area contributed by atoms with Gasteiger partial charge in [0, 0.05) is 7.11 Å². The summed E-state index contributed by atoms with van der Waals surface area (Å²) in [6, 6.07) is 0. The maximum Gasteiger partial charge on any atom is 0.309 e. The minimum Gasteiger partial charge on any atom is -0.462 e. The lowest BCUT2D eigenvalue weighted by atomic mass is 9.79. The van der Waals surface area contributed by atoms with E-state index in [2.05, 4.69) is 6.92 Å². The van der Waals surface area contributed by atoms with Crippen molar-refractivity contribution < 1.29 is 14.3 Å². The third-order valence-electron chi connectivity index (χ3n) is 3.68. The summed E-state index contributed by atoms with van der Waals surface area (Å²) in [6.07, 6.45) is 4.06. The highest BCUT2D eigenvalue weighted by atomic mass is 16.5. The Morgan fingerprint density at radius 3 is 2.69 bits per heavy atom. The molecule has 0 aromatic heterocycles. The molecule has 16 heavy (non-hydrogen) atoms. The van der Waals surface area contributed by atoms with Crippen LogP contribution < -0.4 is 0 Å². The largest absolute Gasteiger partial charge is 0.462 e. The fourth-order valence-corrected chi connectivity index (χ4v) is 2.19. The number of ether oxygens (including phenoxy) is 2. The lowest BCUT2D eigenvalue weighted by molar-refractivity contribution is -0.158. The van der Waals surface area contributed by atoms with Crippen molar-refractivity contribution in [2.24, 2.45) is 11.8 Å². The molecule has 1 aliphatic carbocycles. The smallest absolute Gasteiger partial charge is 0.309 e. The molecule has 1 saturated carbocycles. The highest BCUT2D eigenvalue weighted by Gasteiger charge is 2.34. The molecule has 0 N–H and O–H groups in total. The van der Waals surface area contributed by atoms with Gasteiger partial charge in [0.15, 0.2) is 0 Å². The second-order valence-corrected chi connectivity index (χ2v) is 4.91. The Balaban J connectivity index is 2.51. The Morgan fingerprint density at radius 1 is 1.44 bits per heavy atom. The molecule has 1 fully saturated rings. The van der Waals surface area contributed by atoms with E-state index in [0.717, 1.165) is 25.7 Å². The summed E-state index contributed by atoms with van der Waals surface area (Å²) in [6.45, 7) is 6.10. The minimum absolute atomic E-state index is 0.0210. The van der Waals surface area contributed by atoms with Crippen LogP contribution in [0.3, 0.4) is 0 Å². The van der Waals surface area contributed by atoms with Crippen molar-refractivity contribution in [2.75, 3.05) is 7.11 Å². The lowest BCUT2D eigenvalue weighted by Gasteiger charge is -2.32. The average Bonchev–Trinajstić information content (AvgIpc) is 2.29.